The molecule has 1 atom stereocenters. The number of nitrogens with zero attached hydrogens (tertiary/aromatic N) is 2. The van der Waals surface area contributed by atoms with Crippen molar-refractivity contribution in [3.63, 3.8) is 0 Å². The topological polar surface area (TPSA) is 25.4 Å². The molecule has 2 rings (SSSR count). The van der Waals surface area contributed by atoms with E-state index < -0.39 is 17.6 Å². The Balaban J connectivity index is 2.30. The minimum absolute atomic E-state index is 0.0861. The molecule has 130 valence electrons. The van der Waals surface area contributed by atoms with Crippen molar-refractivity contribution < 1.29 is 22.3 Å². The maximum Gasteiger partial charge on any atom is 0.416 e. The molecule has 0 fully saturated rings. The van der Waals surface area contributed by atoms with Crippen LogP contribution in [0.25, 0.3) is 0 Å². The number of hydrogen-bond donors (Lipinski definition) is 0. The van der Waals surface area contributed by atoms with Gasteiger partial charge in [0.15, 0.2) is 0 Å². The molecule has 2 aromatic rings. The highest BCUT2D eigenvalue weighted by Crippen LogP contribution is 2.33. The molecule has 1 unspecified atom stereocenters. The lowest BCUT2D eigenvalue weighted by Gasteiger charge is -2.28. The van der Waals surface area contributed by atoms with Gasteiger partial charge in [-0.25, -0.2) is 4.39 Å². The van der Waals surface area contributed by atoms with Crippen molar-refractivity contribution in [1.29, 1.82) is 0 Å². The zero-order chi connectivity index (χ0) is 17.7. The van der Waals surface area contributed by atoms with Gasteiger partial charge >= 0.3 is 6.18 Å². The number of benzene rings is 1. The van der Waals surface area contributed by atoms with Gasteiger partial charge in [-0.2, -0.15) is 13.2 Å². The predicted molar refractivity (Wildman–Crippen MR) is 81.7 cm³/mol. The normalized spacial score (nSPS) is 13.3. The summed E-state index contributed by atoms with van der Waals surface area (Å²) in [7, 11) is 3.16. The van der Waals surface area contributed by atoms with Gasteiger partial charge in [0, 0.05) is 19.9 Å². The molecule has 0 aliphatic rings. The van der Waals surface area contributed by atoms with Crippen LogP contribution in [0.5, 0.6) is 0 Å². The molecule has 1 aromatic carbocycles. The maximum atomic E-state index is 13.4. The van der Waals surface area contributed by atoms with E-state index in [4.69, 9.17) is 4.74 Å². The van der Waals surface area contributed by atoms with Gasteiger partial charge in [-0.05, 0) is 42.9 Å². The molecule has 0 spiro atoms. The first-order chi connectivity index (χ1) is 11.3. The molecular weight excluding hydrogens is 324 g/mol. The standard InChI is InChI=1S/C17H18F4N2O/c1-23(16(11-24-2)15-5-3-4-8-22-15)10-12-9-13(18)6-7-14(12)17(19,20)21/h3-9,16H,10-11H2,1-2H3. The fourth-order valence-corrected chi connectivity index (χ4v) is 2.52. The number of pyridine rings is 1. The molecule has 3 nitrogen and oxygen atoms in total. The highest BCUT2D eigenvalue weighted by atomic mass is 19.4. The first-order valence-electron chi connectivity index (χ1n) is 7.28. The van der Waals surface area contributed by atoms with Crippen LogP contribution in [0.15, 0.2) is 42.6 Å². The number of likely N-dealkylation sites (N-methyl/N-ethyl adjacent to an activating group) is 1. The molecule has 0 saturated carbocycles. The number of rotatable bonds is 6. The lowest BCUT2D eigenvalue weighted by molar-refractivity contribution is -0.138. The van der Waals surface area contributed by atoms with Gasteiger partial charge in [0.2, 0.25) is 0 Å². The third-order valence-electron chi connectivity index (χ3n) is 3.68. The lowest BCUT2D eigenvalue weighted by atomic mass is 10.0. The van der Waals surface area contributed by atoms with Gasteiger partial charge in [0.1, 0.15) is 5.82 Å². The highest BCUT2D eigenvalue weighted by Gasteiger charge is 2.34. The second-order valence-corrected chi connectivity index (χ2v) is 5.44. The van der Waals surface area contributed by atoms with Crippen LogP contribution in [0.4, 0.5) is 17.6 Å². The van der Waals surface area contributed by atoms with Gasteiger partial charge in [0.25, 0.3) is 0 Å². The third-order valence-corrected chi connectivity index (χ3v) is 3.68. The van der Waals surface area contributed by atoms with E-state index in [0.29, 0.717) is 5.69 Å². The van der Waals surface area contributed by atoms with E-state index in [1.165, 1.54) is 7.11 Å². The van der Waals surface area contributed by atoms with Crippen molar-refractivity contribution in [1.82, 2.24) is 9.88 Å². The molecule has 0 aliphatic carbocycles. The number of alkyl halides is 3. The van der Waals surface area contributed by atoms with Crippen LogP contribution in [-0.4, -0.2) is 30.6 Å². The molecule has 0 radical (unpaired) electrons. The van der Waals surface area contributed by atoms with Crippen molar-refractivity contribution in [3.05, 3.63) is 65.2 Å². The van der Waals surface area contributed by atoms with Gasteiger partial charge in [-0.15, -0.1) is 0 Å². The molecule has 0 N–H and O–H groups in total. The number of halogens is 4. The average Bonchev–Trinajstić information content (AvgIpc) is 2.52. The molecule has 7 heteroatoms. The van der Waals surface area contributed by atoms with Gasteiger partial charge in [-0.3, -0.25) is 9.88 Å². The summed E-state index contributed by atoms with van der Waals surface area (Å²) in [5.41, 5.74) is -0.290. The van der Waals surface area contributed by atoms with E-state index in [1.807, 2.05) is 0 Å². The summed E-state index contributed by atoms with van der Waals surface area (Å²) in [4.78, 5) is 5.89. The Morgan fingerprint density at radius 1 is 1.21 bits per heavy atom. The Kier molecular flexibility index (Phi) is 5.90. The second kappa shape index (κ2) is 7.72. The minimum atomic E-state index is -4.54. The monoisotopic (exact) mass is 342 g/mol. The smallest absolute Gasteiger partial charge is 0.383 e. The van der Waals surface area contributed by atoms with Crippen LogP contribution in [0, 0.1) is 5.82 Å². The summed E-state index contributed by atoms with van der Waals surface area (Å²) < 4.78 is 58.0. The maximum absolute atomic E-state index is 13.4. The van der Waals surface area contributed by atoms with E-state index in [2.05, 4.69) is 4.98 Å². The summed E-state index contributed by atoms with van der Waals surface area (Å²) in [6.07, 6.45) is -2.93. The third kappa shape index (κ3) is 4.52. The Bertz CT molecular complexity index is 661. The molecule has 0 aliphatic heterocycles. The highest BCUT2D eigenvalue weighted by molar-refractivity contribution is 5.30. The Morgan fingerprint density at radius 2 is 1.96 bits per heavy atom. The number of methoxy groups -OCH3 is 1. The molecule has 0 amide bonds. The van der Waals surface area contributed by atoms with Crippen LogP contribution in [0.3, 0.4) is 0 Å². The van der Waals surface area contributed by atoms with Crippen LogP contribution in [0.1, 0.15) is 22.9 Å². The first kappa shape index (κ1) is 18.4. The van der Waals surface area contributed by atoms with E-state index in [0.717, 1.165) is 18.2 Å². The van der Waals surface area contributed by atoms with Gasteiger partial charge in [0.05, 0.1) is 23.9 Å². The molecule has 24 heavy (non-hydrogen) atoms. The minimum Gasteiger partial charge on any atom is -0.383 e. The lowest BCUT2D eigenvalue weighted by Crippen LogP contribution is -2.29. The molecule has 1 aromatic heterocycles. The van der Waals surface area contributed by atoms with Crippen LogP contribution in [-0.2, 0) is 17.5 Å². The Hall–Kier alpha value is -1.99. The summed E-state index contributed by atoms with van der Waals surface area (Å²) >= 11 is 0. The van der Waals surface area contributed by atoms with Crippen LogP contribution in [0.2, 0.25) is 0 Å². The summed E-state index contributed by atoms with van der Waals surface area (Å²) in [6.45, 7) is 0.168. The van der Waals surface area contributed by atoms with E-state index in [1.54, 1.807) is 36.3 Å². The fourth-order valence-electron chi connectivity index (χ4n) is 2.52. The van der Waals surface area contributed by atoms with E-state index >= 15 is 0 Å². The van der Waals surface area contributed by atoms with Crippen molar-refractivity contribution in [2.24, 2.45) is 0 Å². The average molecular weight is 342 g/mol. The Labute approximate surface area is 137 Å². The number of aromatic nitrogens is 1. The SMILES string of the molecule is COCC(c1ccccn1)N(C)Cc1cc(F)ccc1C(F)(F)F. The predicted octanol–water partition coefficient (Wildman–Crippen LogP) is 4.06. The quantitative estimate of drug-likeness (QED) is 0.741. The van der Waals surface area contributed by atoms with Crippen molar-refractivity contribution in [2.75, 3.05) is 20.8 Å². The summed E-state index contributed by atoms with van der Waals surface area (Å²) in [5, 5.41) is 0. The van der Waals surface area contributed by atoms with Gasteiger partial charge in [-0.1, -0.05) is 6.07 Å². The number of ether oxygens (including phenoxy) is 1. The van der Waals surface area contributed by atoms with Crippen molar-refractivity contribution >= 4 is 0 Å². The van der Waals surface area contributed by atoms with Crippen molar-refractivity contribution in [2.45, 2.75) is 18.8 Å². The van der Waals surface area contributed by atoms with Crippen LogP contribution >= 0.6 is 0 Å². The van der Waals surface area contributed by atoms with Crippen molar-refractivity contribution in [3.8, 4) is 0 Å². The fraction of sp³-hybridized carbons (Fsp3) is 0.353. The van der Waals surface area contributed by atoms with E-state index in [9.17, 15) is 17.6 Å². The summed E-state index contributed by atoms with van der Waals surface area (Å²) in [6, 6.07) is 7.48. The summed E-state index contributed by atoms with van der Waals surface area (Å²) in [5.74, 6) is -0.701. The Morgan fingerprint density at radius 3 is 2.54 bits per heavy atom. The molecule has 0 saturated heterocycles. The van der Waals surface area contributed by atoms with E-state index in [-0.39, 0.29) is 24.8 Å². The zero-order valence-corrected chi connectivity index (χ0v) is 13.3. The second-order valence-electron chi connectivity index (χ2n) is 5.44. The molecular formula is C17H18F4N2O. The van der Waals surface area contributed by atoms with Gasteiger partial charge < -0.3 is 4.74 Å². The molecule has 0 bridgehead atoms. The zero-order valence-electron chi connectivity index (χ0n) is 13.3. The van der Waals surface area contributed by atoms with Crippen LogP contribution < -0.4 is 0 Å². The molecule has 1 heterocycles. The largest absolute Gasteiger partial charge is 0.416 e. The number of hydrogen-bond acceptors (Lipinski definition) is 3. The first-order valence-corrected chi connectivity index (χ1v) is 7.28.